The Bertz CT molecular complexity index is 743. The van der Waals surface area contributed by atoms with Crippen molar-refractivity contribution in [3.63, 3.8) is 0 Å². The smallest absolute Gasteiger partial charge is 0.178 e. The first-order chi connectivity index (χ1) is 12.6. The number of fused-ring (bicyclic) bond motifs is 5. The van der Waals surface area contributed by atoms with Crippen LogP contribution in [0.5, 0.6) is 0 Å². The van der Waals surface area contributed by atoms with Gasteiger partial charge >= 0.3 is 0 Å². The molecule has 4 nitrogen and oxygen atoms in total. The van der Waals surface area contributed by atoms with E-state index >= 15 is 4.39 Å². The lowest BCUT2D eigenvalue weighted by Crippen LogP contribution is -2.58. The predicted octanol–water partition coefficient (Wildman–Crippen LogP) is 2.64. The van der Waals surface area contributed by atoms with E-state index in [0.717, 1.165) is 6.42 Å². The summed E-state index contributed by atoms with van der Waals surface area (Å²) in [5.74, 6) is -0.626. The number of ketones is 2. The number of Topliss-reactive ketones (excluding diaryl/α,β-unsaturated/α-hetero) is 1. The van der Waals surface area contributed by atoms with E-state index in [9.17, 15) is 19.8 Å². The Hall–Kier alpha value is -1.33. The lowest BCUT2D eigenvalue weighted by Gasteiger charge is -2.59. The van der Waals surface area contributed by atoms with E-state index in [1.165, 1.54) is 12.2 Å². The maximum atomic E-state index is 15.2. The molecule has 4 aliphatic rings. The number of allylic oxidation sites excluding steroid dienone is 4. The highest BCUT2D eigenvalue weighted by Crippen LogP contribution is 2.67. The van der Waals surface area contributed by atoms with Crippen LogP contribution >= 0.6 is 0 Å². The number of alkyl halides is 1. The normalized spacial score (nSPS) is 51.3. The first-order valence-corrected chi connectivity index (χ1v) is 10.0. The zero-order valence-electron chi connectivity index (χ0n) is 16.2. The van der Waals surface area contributed by atoms with Crippen molar-refractivity contribution in [3.8, 4) is 0 Å². The van der Waals surface area contributed by atoms with Crippen LogP contribution in [0.2, 0.25) is 0 Å². The number of aliphatic hydroxyl groups is 2. The Morgan fingerprint density at radius 3 is 2.70 bits per heavy atom. The number of hydrogen-bond acceptors (Lipinski definition) is 4. The van der Waals surface area contributed by atoms with Crippen LogP contribution in [0.4, 0.5) is 4.39 Å². The van der Waals surface area contributed by atoms with Gasteiger partial charge in [-0.2, -0.15) is 0 Å². The molecule has 0 aromatic heterocycles. The van der Waals surface area contributed by atoms with Gasteiger partial charge in [-0.3, -0.25) is 9.59 Å². The molecule has 0 spiro atoms. The molecule has 0 aromatic rings. The maximum Gasteiger partial charge on any atom is 0.178 e. The summed E-state index contributed by atoms with van der Waals surface area (Å²) in [6.45, 7) is 5.53. The highest BCUT2D eigenvalue weighted by atomic mass is 19.1. The number of aliphatic hydroxyl groups excluding tert-OH is 2. The van der Waals surface area contributed by atoms with E-state index in [-0.39, 0.29) is 47.6 Å². The molecule has 2 N–H and O–H groups in total. The van der Waals surface area contributed by atoms with Gasteiger partial charge in [0.2, 0.25) is 0 Å². The maximum absolute atomic E-state index is 15.2. The molecule has 4 aliphatic carbocycles. The number of halogens is 1. The van der Waals surface area contributed by atoms with Crippen LogP contribution in [0.1, 0.15) is 40.0 Å². The summed E-state index contributed by atoms with van der Waals surface area (Å²) in [5.41, 5.74) is -0.599. The predicted molar refractivity (Wildman–Crippen MR) is 98.4 cm³/mol. The van der Waals surface area contributed by atoms with Crippen LogP contribution in [0.25, 0.3) is 0 Å². The van der Waals surface area contributed by atoms with E-state index in [4.69, 9.17) is 0 Å². The molecule has 0 aliphatic heterocycles. The second-order valence-electron chi connectivity index (χ2n) is 9.71. The SMILES string of the molecule is C[C@H]1C[C@@H]2[C@H]3C[C@H](F)C4=CC(=O)C=C[C@]4(C)[C@@H]3[C@@H](O)C[C@@]2(C)[C@@H]1C(=O)CO. The molecule has 3 saturated carbocycles. The molecule has 148 valence electrons. The Morgan fingerprint density at radius 2 is 2.04 bits per heavy atom. The first-order valence-electron chi connectivity index (χ1n) is 10.0. The van der Waals surface area contributed by atoms with Gasteiger partial charge in [0.1, 0.15) is 12.8 Å². The molecule has 0 heterocycles. The van der Waals surface area contributed by atoms with Gasteiger partial charge in [-0.15, -0.1) is 0 Å². The van der Waals surface area contributed by atoms with Gasteiger partial charge in [0.05, 0.1) is 6.10 Å². The first kappa shape index (κ1) is 19.0. The number of carbonyl (C=O) groups is 2. The van der Waals surface area contributed by atoms with Gasteiger partial charge in [-0.1, -0.05) is 26.8 Å². The quantitative estimate of drug-likeness (QED) is 0.777. The molecular formula is C22H29FO4. The summed E-state index contributed by atoms with van der Waals surface area (Å²) in [6.07, 6.45) is 4.39. The monoisotopic (exact) mass is 376 g/mol. The third-order valence-electron chi connectivity index (χ3n) is 8.32. The Kier molecular flexibility index (Phi) is 4.28. The summed E-state index contributed by atoms with van der Waals surface area (Å²) in [7, 11) is 0. The molecule has 0 aromatic carbocycles. The molecule has 0 amide bonds. The molecule has 5 heteroatoms. The molecule has 27 heavy (non-hydrogen) atoms. The molecule has 3 fully saturated rings. The number of rotatable bonds is 2. The van der Waals surface area contributed by atoms with Gasteiger partial charge < -0.3 is 10.2 Å². The van der Waals surface area contributed by atoms with Crippen LogP contribution in [-0.4, -0.2) is 40.7 Å². The lowest BCUT2D eigenvalue weighted by molar-refractivity contribution is -0.144. The van der Waals surface area contributed by atoms with Crippen molar-refractivity contribution in [2.24, 2.45) is 40.4 Å². The van der Waals surface area contributed by atoms with Crippen LogP contribution in [0, 0.1) is 40.4 Å². The molecular weight excluding hydrogens is 347 g/mol. The third-order valence-corrected chi connectivity index (χ3v) is 8.32. The molecule has 0 saturated heterocycles. The van der Waals surface area contributed by atoms with Crippen molar-refractivity contribution in [2.75, 3.05) is 6.61 Å². The van der Waals surface area contributed by atoms with Crippen LogP contribution in [0.15, 0.2) is 23.8 Å². The molecule has 0 unspecified atom stereocenters. The van der Waals surface area contributed by atoms with Crippen LogP contribution in [-0.2, 0) is 9.59 Å². The average molecular weight is 376 g/mol. The number of carbonyl (C=O) groups excluding carboxylic acids is 2. The zero-order valence-corrected chi connectivity index (χ0v) is 16.2. The second kappa shape index (κ2) is 6.08. The fourth-order valence-corrected chi connectivity index (χ4v) is 7.49. The highest BCUT2D eigenvalue weighted by Gasteiger charge is 2.65. The largest absolute Gasteiger partial charge is 0.393 e. The topological polar surface area (TPSA) is 74.6 Å². The summed E-state index contributed by atoms with van der Waals surface area (Å²) in [6, 6.07) is 0. The van der Waals surface area contributed by atoms with Gasteiger partial charge in [0.15, 0.2) is 11.6 Å². The van der Waals surface area contributed by atoms with Crippen molar-refractivity contribution in [2.45, 2.75) is 52.3 Å². The molecule has 0 bridgehead atoms. The summed E-state index contributed by atoms with van der Waals surface area (Å²) in [5, 5.41) is 20.6. The minimum absolute atomic E-state index is 0.0484. The Morgan fingerprint density at radius 1 is 1.33 bits per heavy atom. The van der Waals surface area contributed by atoms with Gasteiger partial charge in [-0.25, -0.2) is 4.39 Å². The van der Waals surface area contributed by atoms with E-state index < -0.39 is 29.7 Å². The fourth-order valence-electron chi connectivity index (χ4n) is 7.49. The minimum atomic E-state index is -1.21. The van der Waals surface area contributed by atoms with Crippen LogP contribution in [0.3, 0.4) is 0 Å². The van der Waals surface area contributed by atoms with E-state index in [1.807, 2.05) is 20.8 Å². The van der Waals surface area contributed by atoms with Crippen molar-refractivity contribution >= 4 is 11.6 Å². The standard InChI is InChI=1S/C22H29FO4/c1-11-6-14-13-8-16(23)15-7-12(25)4-5-21(15,2)20(13)17(26)9-22(14,3)19(11)18(27)10-24/h4-5,7,11,13-14,16-17,19-20,24,26H,6,8-10H2,1-3H3/t11-,13+,14+,16-,17-,19-,20-,21-,22+/m0/s1. The van der Waals surface area contributed by atoms with Crippen molar-refractivity contribution in [3.05, 3.63) is 23.8 Å². The van der Waals surface area contributed by atoms with E-state index in [0.29, 0.717) is 12.0 Å². The summed E-state index contributed by atoms with van der Waals surface area (Å²) in [4.78, 5) is 24.3. The van der Waals surface area contributed by atoms with Gasteiger partial charge in [0.25, 0.3) is 0 Å². The van der Waals surface area contributed by atoms with Gasteiger partial charge in [-0.05, 0) is 60.2 Å². The average Bonchev–Trinajstić information content (AvgIpc) is 2.85. The highest BCUT2D eigenvalue weighted by molar-refractivity contribution is 6.01. The van der Waals surface area contributed by atoms with Crippen molar-refractivity contribution in [1.29, 1.82) is 0 Å². The molecule has 0 radical (unpaired) electrons. The second-order valence-corrected chi connectivity index (χ2v) is 9.71. The minimum Gasteiger partial charge on any atom is -0.393 e. The number of hydrogen-bond donors (Lipinski definition) is 2. The third kappa shape index (κ3) is 2.47. The van der Waals surface area contributed by atoms with Gasteiger partial charge in [0, 0.05) is 17.3 Å². The fraction of sp³-hybridized carbons (Fsp3) is 0.727. The Balaban J connectivity index is 1.77. The molecule has 4 rings (SSSR count). The van der Waals surface area contributed by atoms with Crippen LogP contribution < -0.4 is 0 Å². The van der Waals surface area contributed by atoms with Crippen molar-refractivity contribution < 1.29 is 24.2 Å². The van der Waals surface area contributed by atoms with E-state index in [1.54, 1.807) is 6.08 Å². The molecule has 9 atom stereocenters. The summed E-state index contributed by atoms with van der Waals surface area (Å²) >= 11 is 0. The Labute approximate surface area is 159 Å². The lowest BCUT2D eigenvalue weighted by atomic mass is 9.46. The van der Waals surface area contributed by atoms with E-state index in [2.05, 4.69) is 0 Å². The zero-order chi connectivity index (χ0) is 19.7. The van der Waals surface area contributed by atoms with Crippen molar-refractivity contribution in [1.82, 2.24) is 0 Å². The summed E-state index contributed by atoms with van der Waals surface area (Å²) < 4.78 is 15.2.